The first-order valence-corrected chi connectivity index (χ1v) is 29.2. The summed E-state index contributed by atoms with van der Waals surface area (Å²) in [7, 11) is 4.78. The average Bonchev–Trinajstić information content (AvgIpc) is 4.31. The van der Waals surface area contributed by atoms with E-state index in [9.17, 15) is 33.6 Å². The number of aromatic nitrogens is 1. The topological polar surface area (TPSA) is 252 Å². The van der Waals surface area contributed by atoms with E-state index in [0.29, 0.717) is 85.3 Å². The second kappa shape index (κ2) is 36.4. The van der Waals surface area contributed by atoms with E-state index in [-0.39, 0.29) is 92.7 Å². The molecule has 2 aliphatic rings. The van der Waals surface area contributed by atoms with Crippen LogP contribution in [-0.4, -0.2) is 211 Å². The Hall–Kier alpha value is -5.24. The number of hydrogen-bond donors (Lipinski definition) is 3. The van der Waals surface area contributed by atoms with E-state index >= 15 is 0 Å². The first kappa shape index (κ1) is 68.3. The van der Waals surface area contributed by atoms with Crippen molar-refractivity contribution in [2.45, 2.75) is 129 Å². The second-order valence-electron chi connectivity index (χ2n) is 21.2. The number of ether oxygens (including phenoxy) is 8. The lowest BCUT2D eigenvalue weighted by Crippen LogP contribution is -2.62. The van der Waals surface area contributed by atoms with Crippen molar-refractivity contribution in [3.63, 3.8) is 0 Å². The van der Waals surface area contributed by atoms with Gasteiger partial charge in [0.1, 0.15) is 16.6 Å². The Bertz CT molecular complexity index is 2240. The molecule has 3 N–H and O–H groups in total. The maximum absolute atomic E-state index is 14.6. The van der Waals surface area contributed by atoms with Crippen molar-refractivity contribution in [2.24, 2.45) is 17.8 Å². The summed E-state index contributed by atoms with van der Waals surface area (Å²) in [6.45, 7) is 17.2. The summed E-state index contributed by atoms with van der Waals surface area (Å²) in [5.41, 5.74) is -0.314. The van der Waals surface area contributed by atoms with Crippen LogP contribution >= 0.6 is 11.3 Å². The molecule has 1 aromatic carbocycles. The van der Waals surface area contributed by atoms with Gasteiger partial charge in [0.15, 0.2) is 0 Å². The van der Waals surface area contributed by atoms with Crippen molar-refractivity contribution >= 4 is 52.7 Å². The van der Waals surface area contributed by atoms with Gasteiger partial charge in [0.25, 0.3) is 11.8 Å². The molecule has 1 aromatic heterocycles. The number of imide groups is 1. The van der Waals surface area contributed by atoms with Crippen LogP contribution in [-0.2, 0) is 77.9 Å². The fourth-order valence-corrected chi connectivity index (χ4v) is 10.5. The molecule has 7 amide bonds. The Kier molecular flexibility index (Phi) is 30.6. The van der Waals surface area contributed by atoms with Gasteiger partial charge in [-0.2, -0.15) is 0 Å². The zero-order valence-electron chi connectivity index (χ0n) is 49.4. The second-order valence-corrected chi connectivity index (χ2v) is 22.1. The molecule has 2 aliphatic heterocycles. The highest BCUT2D eigenvalue weighted by Crippen LogP contribution is 2.31. The first-order valence-electron chi connectivity index (χ1n) is 28.3. The van der Waals surface area contributed by atoms with E-state index < -0.39 is 47.6 Å². The SMILES string of the molecule is CC[C@H](C)[C@@H]([C@@H](CC(=O)N1CCCC1C(OC)[C@@H](C)C(=O)N[C@@H](Cc1ccccc1)c1nccs1)OC)N(C)C(=O)[C@@H](NC(=O)C(C)(C)NC(=O)CCOCCOCCOCCOCCOCCOCCN1C(=O)C=CC1=O)C(C)C. The fraction of sp³-hybridized carbons (Fsp3) is 0.690. The van der Waals surface area contributed by atoms with Crippen molar-refractivity contribution < 1.29 is 71.5 Å². The number of hydrogen-bond acceptors (Lipinski definition) is 17. The van der Waals surface area contributed by atoms with Gasteiger partial charge >= 0.3 is 0 Å². The van der Waals surface area contributed by atoms with Gasteiger partial charge in [-0.1, -0.05) is 71.4 Å². The number of carbonyl (C=O) groups excluding carboxylic acids is 7. The zero-order valence-corrected chi connectivity index (χ0v) is 50.2. The minimum absolute atomic E-state index is 0.00685. The molecule has 2 aromatic rings. The van der Waals surface area contributed by atoms with E-state index in [1.165, 1.54) is 30.6 Å². The molecule has 4 rings (SSSR count). The number of amides is 7. The molecule has 0 spiro atoms. The van der Waals surface area contributed by atoms with Crippen molar-refractivity contribution in [3.8, 4) is 0 Å². The predicted octanol–water partition coefficient (Wildman–Crippen LogP) is 3.91. The number of benzene rings is 1. The van der Waals surface area contributed by atoms with E-state index in [1.807, 2.05) is 70.3 Å². The highest BCUT2D eigenvalue weighted by atomic mass is 32.1. The molecule has 1 fully saturated rings. The van der Waals surface area contributed by atoms with E-state index in [0.717, 1.165) is 21.9 Å². The molecule has 454 valence electrons. The third kappa shape index (κ3) is 22.5. The Balaban J connectivity index is 1.16. The van der Waals surface area contributed by atoms with Gasteiger partial charge in [-0.3, -0.25) is 38.5 Å². The summed E-state index contributed by atoms with van der Waals surface area (Å²) in [4.78, 5) is 102. The minimum atomic E-state index is -1.38. The van der Waals surface area contributed by atoms with Gasteiger partial charge < -0.3 is 63.6 Å². The smallest absolute Gasteiger partial charge is 0.253 e. The Labute approximate surface area is 482 Å². The molecule has 22 nitrogen and oxygen atoms in total. The van der Waals surface area contributed by atoms with Crippen LogP contribution in [0, 0.1) is 17.8 Å². The molecule has 0 radical (unpaired) electrons. The first-order chi connectivity index (χ1) is 38.8. The van der Waals surface area contributed by atoms with Gasteiger partial charge in [0, 0.05) is 58.0 Å². The number of carbonyl (C=O) groups is 7. The quantitative estimate of drug-likeness (QED) is 0.0631. The van der Waals surface area contributed by atoms with Crippen LogP contribution in [0.4, 0.5) is 0 Å². The average molecular weight is 1160 g/mol. The van der Waals surface area contributed by atoms with Crippen LogP contribution in [0.1, 0.15) is 97.2 Å². The van der Waals surface area contributed by atoms with Crippen LogP contribution < -0.4 is 16.0 Å². The largest absolute Gasteiger partial charge is 0.379 e. The number of likely N-dealkylation sites (N-methyl/N-ethyl adjacent to an activating group) is 1. The van der Waals surface area contributed by atoms with E-state index in [4.69, 9.17) is 37.9 Å². The molecule has 23 heteroatoms. The van der Waals surface area contributed by atoms with Crippen molar-refractivity contribution in [1.29, 1.82) is 0 Å². The fourth-order valence-electron chi connectivity index (χ4n) is 9.76. The summed E-state index contributed by atoms with van der Waals surface area (Å²) in [6.07, 6.45) is 5.48. The van der Waals surface area contributed by atoms with Gasteiger partial charge in [-0.25, -0.2) is 4.98 Å². The molecule has 1 saturated heterocycles. The molecule has 2 unspecified atom stereocenters. The highest BCUT2D eigenvalue weighted by Gasteiger charge is 2.44. The number of methoxy groups -OCH3 is 2. The molecule has 0 saturated carbocycles. The van der Waals surface area contributed by atoms with Crippen molar-refractivity contribution in [2.75, 3.05) is 114 Å². The lowest BCUT2D eigenvalue weighted by molar-refractivity contribution is -0.148. The van der Waals surface area contributed by atoms with Crippen LogP contribution in [0.5, 0.6) is 0 Å². The summed E-state index contributed by atoms with van der Waals surface area (Å²) < 4.78 is 45.1. The molecule has 8 atom stereocenters. The number of rotatable bonds is 41. The molecule has 0 aliphatic carbocycles. The Morgan fingerprint density at radius 2 is 1.36 bits per heavy atom. The van der Waals surface area contributed by atoms with Crippen LogP contribution in [0.15, 0.2) is 54.1 Å². The zero-order chi connectivity index (χ0) is 59.3. The molecule has 81 heavy (non-hydrogen) atoms. The summed E-state index contributed by atoms with van der Waals surface area (Å²) in [5, 5.41) is 11.6. The Morgan fingerprint density at radius 1 is 0.790 bits per heavy atom. The van der Waals surface area contributed by atoms with Crippen LogP contribution in [0.2, 0.25) is 0 Å². The molecule has 3 heterocycles. The normalized spacial score (nSPS) is 17.2. The highest BCUT2D eigenvalue weighted by molar-refractivity contribution is 7.09. The third-order valence-corrected chi connectivity index (χ3v) is 15.4. The summed E-state index contributed by atoms with van der Waals surface area (Å²) >= 11 is 1.48. The number of likely N-dealkylation sites (tertiary alicyclic amines) is 1. The lowest BCUT2D eigenvalue weighted by atomic mass is 9.89. The maximum atomic E-state index is 14.6. The van der Waals surface area contributed by atoms with Crippen molar-refractivity contribution in [3.05, 3.63) is 64.6 Å². The standard InChI is InChI=1S/C58H91N7O15S/c1-11-41(4)52(46(73-9)39-50(69)64-23-15-18-45(64)53(74-10)42(5)54(70)60-44(55-59-22-37-81-55)38-43-16-13-12-14-17-43)63(8)56(71)51(40(2)3)61-57(72)58(6,7)62-47(66)21-25-75-27-29-77-31-33-79-35-36-80-34-32-78-30-28-76-26-24-65-48(67)19-20-49(65)68/h12-14,16-17,19-20,22,37,40-42,44-46,51-53H,11,15,18,21,23-36,38-39H2,1-10H3,(H,60,70)(H,61,72)(H,62,66)/t41-,42+,44-,45?,46+,51-,52-,53?/m0/s1. The van der Waals surface area contributed by atoms with E-state index in [1.54, 1.807) is 44.0 Å². The van der Waals surface area contributed by atoms with Gasteiger partial charge in [-0.05, 0) is 50.5 Å². The number of nitrogens with zero attached hydrogens (tertiary/aromatic N) is 4. The lowest BCUT2D eigenvalue weighted by Gasteiger charge is -2.41. The third-order valence-electron chi connectivity index (χ3n) is 14.5. The van der Waals surface area contributed by atoms with Crippen molar-refractivity contribution in [1.82, 2.24) is 35.6 Å². The minimum Gasteiger partial charge on any atom is -0.379 e. The van der Waals surface area contributed by atoms with Gasteiger partial charge in [-0.15, -0.1) is 11.3 Å². The Morgan fingerprint density at radius 3 is 1.88 bits per heavy atom. The molecular formula is C58H91N7O15S. The number of nitrogens with one attached hydrogen (secondary N) is 3. The van der Waals surface area contributed by atoms with Crippen LogP contribution in [0.3, 0.4) is 0 Å². The molecular weight excluding hydrogens is 1070 g/mol. The summed E-state index contributed by atoms with van der Waals surface area (Å²) in [5.74, 6) is -3.40. The number of thiazole rings is 1. The predicted molar refractivity (Wildman–Crippen MR) is 304 cm³/mol. The van der Waals surface area contributed by atoms with Crippen LogP contribution in [0.25, 0.3) is 0 Å². The molecule has 0 bridgehead atoms. The maximum Gasteiger partial charge on any atom is 0.253 e. The summed E-state index contributed by atoms with van der Waals surface area (Å²) in [6, 6.07) is 7.69. The van der Waals surface area contributed by atoms with E-state index in [2.05, 4.69) is 20.9 Å². The monoisotopic (exact) mass is 1160 g/mol. The van der Waals surface area contributed by atoms with Gasteiger partial charge in [0.2, 0.25) is 29.5 Å². The van der Waals surface area contributed by atoms with Gasteiger partial charge in [0.05, 0.1) is 128 Å².